The summed E-state index contributed by atoms with van der Waals surface area (Å²) in [5, 5.41) is 11.7. The number of carboxylic acid groups (broad SMARTS) is 1. The van der Waals surface area contributed by atoms with Crippen molar-refractivity contribution in [2.75, 3.05) is 13.6 Å². The third kappa shape index (κ3) is 3.21. The number of nitrogens with zero attached hydrogens (tertiary/aromatic N) is 1. The second-order valence-corrected chi connectivity index (χ2v) is 3.21. The highest BCUT2D eigenvalue weighted by atomic mass is 16.4. The molecule has 82 valence electrons. The van der Waals surface area contributed by atoms with Crippen LogP contribution in [0.25, 0.3) is 0 Å². The highest BCUT2D eigenvalue weighted by Gasteiger charge is 2.04. The molecule has 0 saturated heterocycles. The number of nitrogens with one attached hydrogen (secondary N) is 1. The van der Waals surface area contributed by atoms with Crippen LogP contribution in [0.5, 0.6) is 0 Å². The van der Waals surface area contributed by atoms with Gasteiger partial charge in [-0.3, -0.25) is 4.79 Å². The van der Waals surface area contributed by atoms with Gasteiger partial charge < -0.3 is 15.0 Å². The first kappa shape index (κ1) is 11.5. The maximum Gasteiger partial charge on any atom is 0.337 e. The lowest BCUT2D eigenvalue weighted by Gasteiger charge is -2.05. The summed E-state index contributed by atoms with van der Waals surface area (Å²) < 4.78 is 1.42. The molecule has 5 nitrogen and oxygen atoms in total. The average Bonchev–Trinajstić information content (AvgIpc) is 2.20. The molecule has 1 heterocycles. The quantitative estimate of drug-likeness (QED) is 0.679. The number of aromatic carboxylic acids is 1. The predicted molar refractivity (Wildman–Crippen MR) is 56.2 cm³/mol. The Hall–Kier alpha value is -1.62. The van der Waals surface area contributed by atoms with Crippen molar-refractivity contribution in [2.24, 2.45) is 0 Å². The Morgan fingerprint density at radius 3 is 2.87 bits per heavy atom. The summed E-state index contributed by atoms with van der Waals surface area (Å²) in [5.74, 6) is -1.02. The summed E-state index contributed by atoms with van der Waals surface area (Å²) in [4.78, 5) is 22.0. The molecule has 0 saturated carbocycles. The van der Waals surface area contributed by atoms with Crippen LogP contribution in [0.15, 0.2) is 23.1 Å². The molecule has 0 aliphatic rings. The molecule has 1 aromatic heterocycles. The highest BCUT2D eigenvalue weighted by Crippen LogP contribution is 1.96. The molecular weight excluding hydrogens is 196 g/mol. The number of hydrogen-bond donors (Lipinski definition) is 2. The zero-order valence-electron chi connectivity index (χ0n) is 8.56. The zero-order chi connectivity index (χ0) is 11.3. The van der Waals surface area contributed by atoms with Crippen LogP contribution in [0.1, 0.15) is 16.8 Å². The van der Waals surface area contributed by atoms with Crippen LogP contribution >= 0.6 is 0 Å². The lowest BCUT2D eigenvalue weighted by atomic mass is 10.3. The lowest BCUT2D eigenvalue weighted by Crippen LogP contribution is -2.22. The van der Waals surface area contributed by atoms with Crippen LogP contribution in [0.3, 0.4) is 0 Å². The maximum absolute atomic E-state index is 11.3. The molecule has 0 radical (unpaired) electrons. The van der Waals surface area contributed by atoms with Crippen LogP contribution in [-0.4, -0.2) is 29.2 Å². The van der Waals surface area contributed by atoms with E-state index in [0.717, 1.165) is 13.0 Å². The van der Waals surface area contributed by atoms with Gasteiger partial charge in [0.15, 0.2) is 0 Å². The van der Waals surface area contributed by atoms with Crippen LogP contribution in [0.2, 0.25) is 0 Å². The first-order valence-corrected chi connectivity index (χ1v) is 4.73. The molecule has 0 spiro atoms. The molecule has 0 atom stereocenters. The molecule has 0 bridgehead atoms. The molecule has 0 aromatic carbocycles. The van der Waals surface area contributed by atoms with Gasteiger partial charge in [-0.2, -0.15) is 0 Å². The molecular formula is C10H14N2O3. The lowest BCUT2D eigenvalue weighted by molar-refractivity contribution is 0.0696. The SMILES string of the molecule is CNCCCn1cc(C(=O)O)ccc1=O. The predicted octanol–water partition coefficient (Wildman–Crippen LogP) is 0.156. The van der Waals surface area contributed by atoms with Gasteiger partial charge in [0.2, 0.25) is 0 Å². The Kier molecular flexibility index (Phi) is 4.05. The van der Waals surface area contributed by atoms with Gasteiger partial charge in [-0.15, -0.1) is 0 Å². The Labute approximate surface area is 87.4 Å². The fraction of sp³-hybridized carbons (Fsp3) is 0.400. The van der Waals surface area contributed by atoms with Crippen molar-refractivity contribution in [1.82, 2.24) is 9.88 Å². The van der Waals surface area contributed by atoms with Crippen LogP contribution in [0, 0.1) is 0 Å². The van der Waals surface area contributed by atoms with Gasteiger partial charge in [-0.05, 0) is 26.1 Å². The number of aryl methyl sites for hydroxylation is 1. The van der Waals surface area contributed by atoms with Crippen LogP contribution in [-0.2, 0) is 6.54 Å². The first-order chi connectivity index (χ1) is 7.15. The number of aromatic nitrogens is 1. The molecule has 5 heteroatoms. The van der Waals surface area contributed by atoms with Crippen molar-refractivity contribution in [3.8, 4) is 0 Å². The molecule has 0 unspecified atom stereocenters. The third-order valence-electron chi connectivity index (χ3n) is 2.06. The van der Waals surface area contributed by atoms with Gasteiger partial charge in [-0.1, -0.05) is 0 Å². The largest absolute Gasteiger partial charge is 0.478 e. The molecule has 1 rings (SSSR count). The van der Waals surface area contributed by atoms with E-state index in [1.54, 1.807) is 0 Å². The van der Waals surface area contributed by atoms with E-state index in [2.05, 4.69) is 5.32 Å². The molecule has 0 aliphatic heterocycles. The number of carboxylic acids is 1. The van der Waals surface area contributed by atoms with E-state index in [0.29, 0.717) is 6.54 Å². The van der Waals surface area contributed by atoms with Crippen molar-refractivity contribution < 1.29 is 9.90 Å². The summed E-state index contributed by atoms with van der Waals surface area (Å²) in [6.07, 6.45) is 2.17. The van der Waals surface area contributed by atoms with E-state index >= 15 is 0 Å². The smallest absolute Gasteiger partial charge is 0.337 e. The van der Waals surface area contributed by atoms with Gasteiger partial charge in [-0.25, -0.2) is 4.79 Å². The minimum Gasteiger partial charge on any atom is -0.478 e. The Morgan fingerprint density at radius 2 is 2.27 bits per heavy atom. The Morgan fingerprint density at radius 1 is 1.53 bits per heavy atom. The van der Waals surface area contributed by atoms with Crippen molar-refractivity contribution in [3.63, 3.8) is 0 Å². The van der Waals surface area contributed by atoms with Gasteiger partial charge >= 0.3 is 5.97 Å². The van der Waals surface area contributed by atoms with Gasteiger partial charge in [0.25, 0.3) is 5.56 Å². The van der Waals surface area contributed by atoms with E-state index in [1.165, 1.54) is 22.9 Å². The topological polar surface area (TPSA) is 71.3 Å². The van der Waals surface area contributed by atoms with Crippen molar-refractivity contribution >= 4 is 5.97 Å². The minimum absolute atomic E-state index is 0.138. The summed E-state index contributed by atoms with van der Waals surface area (Å²) in [5.41, 5.74) is -0.0323. The first-order valence-electron chi connectivity index (χ1n) is 4.73. The zero-order valence-corrected chi connectivity index (χ0v) is 8.56. The minimum atomic E-state index is -1.02. The second kappa shape index (κ2) is 5.31. The van der Waals surface area contributed by atoms with E-state index in [9.17, 15) is 9.59 Å². The summed E-state index contributed by atoms with van der Waals surface area (Å²) in [6.45, 7) is 1.32. The number of pyridine rings is 1. The second-order valence-electron chi connectivity index (χ2n) is 3.21. The van der Waals surface area contributed by atoms with E-state index < -0.39 is 5.97 Å². The van der Waals surface area contributed by atoms with Crippen LogP contribution in [0.4, 0.5) is 0 Å². The molecule has 0 amide bonds. The van der Waals surface area contributed by atoms with Crippen molar-refractivity contribution in [3.05, 3.63) is 34.2 Å². The molecule has 0 aliphatic carbocycles. The highest BCUT2D eigenvalue weighted by molar-refractivity contribution is 5.87. The summed E-state index contributed by atoms with van der Waals surface area (Å²) >= 11 is 0. The summed E-state index contributed by atoms with van der Waals surface area (Å²) in [6, 6.07) is 2.60. The van der Waals surface area contributed by atoms with Gasteiger partial charge in [0, 0.05) is 18.8 Å². The average molecular weight is 210 g/mol. The number of rotatable bonds is 5. The summed E-state index contributed by atoms with van der Waals surface area (Å²) in [7, 11) is 1.83. The Balaban J connectivity index is 2.81. The molecule has 0 fully saturated rings. The standard InChI is InChI=1S/C10H14N2O3/c1-11-5-2-6-12-7-8(10(14)15)3-4-9(12)13/h3-4,7,11H,2,5-6H2,1H3,(H,14,15). The fourth-order valence-corrected chi connectivity index (χ4v) is 1.26. The van der Waals surface area contributed by atoms with Crippen molar-refractivity contribution in [2.45, 2.75) is 13.0 Å². The van der Waals surface area contributed by atoms with E-state index in [-0.39, 0.29) is 11.1 Å². The Bertz CT molecular complexity index is 398. The third-order valence-corrected chi connectivity index (χ3v) is 2.06. The van der Waals surface area contributed by atoms with E-state index in [1.807, 2.05) is 7.05 Å². The van der Waals surface area contributed by atoms with Crippen molar-refractivity contribution in [1.29, 1.82) is 0 Å². The molecule has 1 aromatic rings. The van der Waals surface area contributed by atoms with Crippen LogP contribution < -0.4 is 10.9 Å². The number of carbonyl (C=O) groups is 1. The van der Waals surface area contributed by atoms with Gasteiger partial charge in [0.1, 0.15) is 0 Å². The fourth-order valence-electron chi connectivity index (χ4n) is 1.26. The monoisotopic (exact) mass is 210 g/mol. The molecule has 15 heavy (non-hydrogen) atoms. The van der Waals surface area contributed by atoms with E-state index in [4.69, 9.17) is 5.11 Å². The van der Waals surface area contributed by atoms with Gasteiger partial charge in [0.05, 0.1) is 5.56 Å². The molecule has 2 N–H and O–H groups in total. The maximum atomic E-state index is 11.3. The normalized spacial score (nSPS) is 10.2. The number of hydrogen-bond acceptors (Lipinski definition) is 3.